The quantitative estimate of drug-likeness (QED) is 0.537. The maximum atomic E-state index is 12.3. The van der Waals surface area contributed by atoms with E-state index in [9.17, 15) is 18.3 Å². The number of carbonyl (C=O) groups is 1. The Morgan fingerprint density at radius 2 is 1.92 bits per heavy atom. The van der Waals surface area contributed by atoms with Crippen molar-refractivity contribution >= 4 is 15.9 Å². The summed E-state index contributed by atoms with van der Waals surface area (Å²) < 4.78 is 36.5. The number of amides is 1. The fraction of sp³-hybridized carbons (Fsp3) is 0.938. The molecule has 2 aliphatic heterocycles. The van der Waals surface area contributed by atoms with Gasteiger partial charge in [-0.15, -0.1) is 0 Å². The van der Waals surface area contributed by atoms with Gasteiger partial charge in [0, 0.05) is 25.7 Å². The van der Waals surface area contributed by atoms with Gasteiger partial charge >= 0.3 is 0 Å². The van der Waals surface area contributed by atoms with Crippen LogP contribution in [0.2, 0.25) is 0 Å². The molecule has 0 spiro atoms. The number of carbonyl (C=O) groups excluding carboxylic acids is 1. The van der Waals surface area contributed by atoms with E-state index in [0.29, 0.717) is 32.6 Å². The van der Waals surface area contributed by atoms with E-state index in [1.165, 1.54) is 0 Å². The number of rotatable bonds is 8. The first-order chi connectivity index (χ1) is 11.9. The van der Waals surface area contributed by atoms with Crippen molar-refractivity contribution in [2.75, 3.05) is 32.1 Å². The molecule has 0 unspecified atom stereocenters. The standard InChI is InChI=1S/C16H30N2O6S/c1-2-25(21,22)17-8-5-13-3-4-14(15(11-19)24-13)18-16(20)12-6-9-23-10-7-12/h12-15,17,19H,2-11H2,1H3,(H,18,20)/t13-,14+,15-/m0/s1. The minimum absolute atomic E-state index is 0.00417. The molecule has 1 amide bonds. The first-order valence-corrected chi connectivity index (χ1v) is 10.7. The average molecular weight is 378 g/mol. The molecule has 0 aromatic rings. The van der Waals surface area contributed by atoms with Crippen LogP contribution in [0.4, 0.5) is 0 Å². The molecule has 0 radical (unpaired) electrons. The predicted octanol–water partition coefficient (Wildman–Crippen LogP) is -0.233. The van der Waals surface area contributed by atoms with Gasteiger partial charge in [-0.2, -0.15) is 0 Å². The van der Waals surface area contributed by atoms with Crippen LogP contribution >= 0.6 is 0 Å². The molecule has 25 heavy (non-hydrogen) atoms. The predicted molar refractivity (Wildman–Crippen MR) is 92.5 cm³/mol. The molecule has 0 bridgehead atoms. The largest absolute Gasteiger partial charge is 0.394 e. The summed E-state index contributed by atoms with van der Waals surface area (Å²) in [5, 5.41) is 12.6. The van der Waals surface area contributed by atoms with Gasteiger partial charge in [0.25, 0.3) is 0 Å². The van der Waals surface area contributed by atoms with Crippen molar-refractivity contribution in [3.05, 3.63) is 0 Å². The van der Waals surface area contributed by atoms with Crippen molar-refractivity contribution in [3.63, 3.8) is 0 Å². The lowest BCUT2D eigenvalue weighted by molar-refractivity contribution is -0.134. The Hall–Kier alpha value is -0.740. The second kappa shape index (κ2) is 9.82. The Morgan fingerprint density at radius 1 is 1.20 bits per heavy atom. The second-order valence-electron chi connectivity index (χ2n) is 6.64. The SMILES string of the molecule is CCS(=O)(=O)NCC[C@@H]1CC[C@@H](NC(=O)C2CCOCC2)[C@H](CO)O1. The number of nitrogens with one attached hydrogen (secondary N) is 2. The third kappa shape index (κ3) is 6.49. The van der Waals surface area contributed by atoms with Crippen molar-refractivity contribution in [2.24, 2.45) is 5.92 Å². The third-order valence-corrected chi connectivity index (χ3v) is 6.29. The maximum absolute atomic E-state index is 12.3. The zero-order chi connectivity index (χ0) is 18.3. The monoisotopic (exact) mass is 378 g/mol. The van der Waals surface area contributed by atoms with Crippen LogP contribution in [0.15, 0.2) is 0 Å². The summed E-state index contributed by atoms with van der Waals surface area (Å²) in [7, 11) is -3.20. The van der Waals surface area contributed by atoms with E-state index < -0.39 is 16.1 Å². The van der Waals surface area contributed by atoms with Gasteiger partial charge in [-0.25, -0.2) is 13.1 Å². The van der Waals surface area contributed by atoms with Crippen molar-refractivity contribution in [2.45, 2.75) is 57.3 Å². The van der Waals surface area contributed by atoms with Crippen molar-refractivity contribution in [1.82, 2.24) is 10.0 Å². The lowest BCUT2D eigenvalue weighted by Gasteiger charge is -2.37. The Morgan fingerprint density at radius 3 is 2.56 bits per heavy atom. The zero-order valence-corrected chi connectivity index (χ0v) is 15.6. The first-order valence-electron chi connectivity index (χ1n) is 9.07. The van der Waals surface area contributed by atoms with E-state index in [-0.39, 0.29) is 36.3 Å². The van der Waals surface area contributed by atoms with E-state index in [1.54, 1.807) is 6.92 Å². The highest BCUT2D eigenvalue weighted by molar-refractivity contribution is 7.89. The molecule has 2 rings (SSSR count). The molecule has 8 nitrogen and oxygen atoms in total. The topological polar surface area (TPSA) is 114 Å². The Labute approximate surface area is 149 Å². The minimum atomic E-state index is -3.20. The lowest BCUT2D eigenvalue weighted by atomic mass is 9.94. The molecule has 3 atom stereocenters. The van der Waals surface area contributed by atoms with Crippen LogP contribution in [0.5, 0.6) is 0 Å². The summed E-state index contributed by atoms with van der Waals surface area (Å²) in [6.07, 6.45) is 2.87. The van der Waals surface area contributed by atoms with Gasteiger partial charge in [-0.3, -0.25) is 4.79 Å². The molecule has 2 heterocycles. The van der Waals surface area contributed by atoms with Gasteiger partial charge in [0.05, 0.1) is 24.5 Å². The Kier molecular flexibility index (Phi) is 8.08. The van der Waals surface area contributed by atoms with E-state index in [0.717, 1.165) is 19.3 Å². The number of aliphatic hydroxyl groups is 1. The second-order valence-corrected chi connectivity index (χ2v) is 8.74. The molecule has 2 fully saturated rings. The summed E-state index contributed by atoms with van der Waals surface area (Å²) in [5.41, 5.74) is 0. The fourth-order valence-corrected chi connectivity index (χ4v) is 3.88. The zero-order valence-electron chi connectivity index (χ0n) is 14.8. The van der Waals surface area contributed by atoms with Crippen LogP contribution in [0, 0.1) is 5.92 Å². The molecule has 0 aliphatic carbocycles. The molecular formula is C16H30N2O6S. The smallest absolute Gasteiger partial charge is 0.223 e. The summed E-state index contributed by atoms with van der Waals surface area (Å²) >= 11 is 0. The molecule has 0 saturated carbocycles. The van der Waals surface area contributed by atoms with Crippen LogP contribution in [0.25, 0.3) is 0 Å². The molecular weight excluding hydrogens is 348 g/mol. The normalized spacial score (nSPS) is 28.6. The Balaban J connectivity index is 1.77. The maximum Gasteiger partial charge on any atom is 0.223 e. The highest BCUT2D eigenvalue weighted by Crippen LogP contribution is 2.23. The van der Waals surface area contributed by atoms with Crippen LogP contribution < -0.4 is 10.0 Å². The average Bonchev–Trinajstić information content (AvgIpc) is 2.63. The molecule has 9 heteroatoms. The summed E-state index contributed by atoms with van der Waals surface area (Å²) in [4.78, 5) is 12.3. The van der Waals surface area contributed by atoms with Gasteiger partial charge in [-0.1, -0.05) is 0 Å². The molecule has 146 valence electrons. The summed E-state index contributed by atoms with van der Waals surface area (Å²) in [5.74, 6) is 0.0248. The number of hydrogen-bond acceptors (Lipinski definition) is 6. The highest BCUT2D eigenvalue weighted by Gasteiger charge is 2.33. The summed E-state index contributed by atoms with van der Waals surface area (Å²) in [6, 6.07) is -0.205. The van der Waals surface area contributed by atoms with Crippen LogP contribution in [-0.2, 0) is 24.3 Å². The van der Waals surface area contributed by atoms with E-state index in [2.05, 4.69) is 10.0 Å². The highest BCUT2D eigenvalue weighted by atomic mass is 32.2. The lowest BCUT2D eigenvalue weighted by Crippen LogP contribution is -2.52. The van der Waals surface area contributed by atoms with Crippen LogP contribution in [0.3, 0.4) is 0 Å². The third-order valence-electron chi connectivity index (χ3n) is 4.88. The van der Waals surface area contributed by atoms with Crippen molar-refractivity contribution < 1.29 is 27.8 Å². The molecule has 2 saturated heterocycles. The number of sulfonamides is 1. The number of ether oxygens (including phenoxy) is 2. The van der Waals surface area contributed by atoms with Gasteiger partial charge in [0.2, 0.25) is 15.9 Å². The first kappa shape index (κ1) is 20.6. The Bertz CT molecular complexity index is 521. The number of aliphatic hydroxyl groups excluding tert-OH is 1. The molecule has 0 aromatic carbocycles. The van der Waals surface area contributed by atoms with E-state index >= 15 is 0 Å². The minimum Gasteiger partial charge on any atom is -0.394 e. The van der Waals surface area contributed by atoms with Crippen molar-refractivity contribution in [3.8, 4) is 0 Å². The summed E-state index contributed by atoms with van der Waals surface area (Å²) in [6.45, 7) is 2.96. The van der Waals surface area contributed by atoms with E-state index in [1.807, 2.05) is 0 Å². The van der Waals surface area contributed by atoms with Gasteiger partial charge < -0.3 is 19.9 Å². The van der Waals surface area contributed by atoms with Crippen LogP contribution in [-0.4, -0.2) is 69.8 Å². The van der Waals surface area contributed by atoms with Gasteiger partial charge in [-0.05, 0) is 39.0 Å². The molecule has 3 N–H and O–H groups in total. The van der Waals surface area contributed by atoms with Gasteiger partial charge in [0.1, 0.15) is 6.10 Å². The fourth-order valence-electron chi connectivity index (χ4n) is 3.25. The van der Waals surface area contributed by atoms with Crippen LogP contribution in [0.1, 0.15) is 39.0 Å². The molecule has 2 aliphatic rings. The number of hydrogen-bond donors (Lipinski definition) is 3. The van der Waals surface area contributed by atoms with Gasteiger partial charge in [0.15, 0.2) is 0 Å². The van der Waals surface area contributed by atoms with Crippen molar-refractivity contribution in [1.29, 1.82) is 0 Å². The molecule has 0 aromatic heterocycles. The van der Waals surface area contributed by atoms with E-state index in [4.69, 9.17) is 9.47 Å².